The van der Waals surface area contributed by atoms with E-state index in [0.717, 1.165) is 10.9 Å². The summed E-state index contributed by atoms with van der Waals surface area (Å²) >= 11 is 9.40. The van der Waals surface area contributed by atoms with E-state index in [4.69, 9.17) is 11.6 Å². The van der Waals surface area contributed by atoms with E-state index in [9.17, 15) is 4.79 Å². The van der Waals surface area contributed by atoms with Crippen molar-refractivity contribution in [1.82, 2.24) is 0 Å². The number of anilines is 1. The van der Waals surface area contributed by atoms with E-state index in [1.165, 1.54) is 11.1 Å². The maximum Gasteiger partial charge on any atom is 0.224 e. The number of carbonyl (C=O) groups is 1. The Morgan fingerprint density at radius 1 is 1.25 bits per heavy atom. The van der Waals surface area contributed by atoms with Crippen molar-refractivity contribution in [2.24, 2.45) is 0 Å². The monoisotopic (exact) mass is 351 g/mol. The van der Waals surface area contributed by atoms with Crippen molar-refractivity contribution in [2.45, 2.75) is 19.8 Å². The Hall–Kier alpha value is -1.32. The summed E-state index contributed by atoms with van der Waals surface area (Å²) in [6.45, 7) is 2.05. The molecule has 0 saturated heterocycles. The number of benzene rings is 2. The molecule has 2 aromatic rings. The maximum atomic E-state index is 11.9. The molecular formula is C16H15BrClNO. The molecule has 0 bridgehead atoms. The van der Waals surface area contributed by atoms with Gasteiger partial charge in [-0.1, -0.05) is 57.4 Å². The van der Waals surface area contributed by atoms with Crippen molar-refractivity contribution >= 4 is 39.1 Å². The first-order valence-electron chi connectivity index (χ1n) is 6.35. The van der Waals surface area contributed by atoms with E-state index < -0.39 is 0 Å². The summed E-state index contributed by atoms with van der Waals surface area (Å²) in [5, 5.41) is 3.36. The van der Waals surface area contributed by atoms with Crippen LogP contribution in [0.5, 0.6) is 0 Å². The summed E-state index contributed by atoms with van der Waals surface area (Å²) in [7, 11) is 0. The SMILES string of the molecule is Cc1cccc(CCC(=O)Nc2ccc(Br)cc2Cl)c1. The lowest BCUT2D eigenvalue weighted by Gasteiger charge is -2.08. The largest absolute Gasteiger partial charge is 0.325 e. The average molecular weight is 353 g/mol. The summed E-state index contributed by atoms with van der Waals surface area (Å²) in [5.74, 6) is -0.0317. The highest BCUT2D eigenvalue weighted by molar-refractivity contribution is 9.10. The lowest BCUT2D eigenvalue weighted by Crippen LogP contribution is -2.12. The molecule has 20 heavy (non-hydrogen) atoms. The number of nitrogens with one attached hydrogen (secondary N) is 1. The van der Waals surface area contributed by atoms with E-state index in [1.807, 2.05) is 31.2 Å². The van der Waals surface area contributed by atoms with Gasteiger partial charge in [0.05, 0.1) is 10.7 Å². The molecular weight excluding hydrogens is 338 g/mol. The quantitative estimate of drug-likeness (QED) is 0.826. The fraction of sp³-hybridized carbons (Fsp3) is 0.188. The number of hydrogen-bond acceptors (Lipinski definition) is 1. The molecule has 0 saturated carbocycles. The first kappa shape index (κ1) is 15.1. The fourth-order valence-electron chi connectivity index (χ4n) is 1.93. The van der Waals surface area contributed by atoms with Gasteiger partial charge in [-0.25, -0.2) is 0 Å². The van der Waals surface area contributed by atoms with Gasteiger partial charge in [-0.2, -0.15) is 0 Å². The lowest BCUT2D eigenvalue weighted by molar-refractivity contribution is -0.116. The Balaban J connectivity index is 1.92. The van der Waals surface area contributed by atoms with E-state index >= 15 is 0 Å². The zero-order valence-corrected chi connectivity index (χ0v) is 13.5. The number of rotatable bonds is 4. The van der Waals surface area contributed by atoms with Crippen LogP contribution >= 0.6 is 27.5 Å². The van der Waals surface area contributed by atoms with Crippen LogP contribution < -0.4 is 5.32 Å². The van der Waals surface area contributed by atoms with Crippen LogP contribution in [0.25, 0.3) is 0 Å². The lowest BCUT2D eigenvalue weighted by atomic mass is 10.1. The predicted molar refractivity (Wildman–Crippen MR) is 87.3 cm³/mol. The third-order valence-corrected chi connectivity index (χ3v) is 3.73. The van der Waals surface area contributed by atoms with Crippen molar-refractivity contribution in [3.05, 3.63) is 63.1 Å². The topological polar surface area (TPSA) is 29.1 Å². The molecule has 1 amide bonds. The minimum absolute atomic E-state index is 0.0317. The van der Waals surface area contributed by atoms with Crippen molar-refractivity contribution in [1.29, 1.82) is 0 Å². The van der Waals surface area contributed by atoms with Gasteiger partial charge in [0.1, 0.15) is 0 Å². The van der Waals surface area contributed by atoms with Crippen LogP contribution in [0.3, 0.4) is 0 Å². The molecule has 0 aliphatic carbocycles. The highest BCUT2D eigenvalue weighted by atomic mass is 79.9. The summed E-state index contributed by atoms with van der Waals surface area (Å²) in [5.41, 5.74) is 3.02. The molecule has 0 aromatic heterocycles. The average Bonchev–Trinajstić information content (AvgIpc) is 2.40. The molecule has 1 N–H and O–H groups in total. The highest BCUT2D eigenvalue weighted by Crippen LogP contribution is 2.25. The molecule has 0 heterocycles. The standard InChI is InChI=1S/C16H15BrClNO/c1-11-3-2-4-12(9-11)5-8-16(20)19-15-7-6-13(17)10-14(15)18/h2-4,6-7,9-10H,5,8H2,1H3,(H,19,20). The molecule has 0 aliphatic rings. The van der Waals surface area contributed by atoms with Gasteiger partial charge in [0.25, 0.3) is 0 Å². The third-order valence-electron chi connectivity index (χ3n) is 2.93. The van der Waals surface area contributed by atoms with Gasteiger partial charge < -0.3 is 5.32 Å². The Morgan fingerprint density at radius 2 is 2.05 bits per heavy atom. The van der Waals surface area contributed by atoms with Crippen LogP contribution in [-0.2, 0) is 11.2 Å². The fourth-order valence-corrected chi connectivity index (χ4v) is 2.65. The summed E-state index contributed by atoms with van der Waals surface area (Å²) in [6.07, 6.45) is 1.16. The number of hydrogen-bond donors (Lipinski definition) is 1. The van der Waals surface area contributed by atoms with Crippen LogP contribution in [0, 0.1) is 6.92 Å². The molecule has 0 aliphatic heterocycles. The molecule has 0 spiro atoms. The molecule has 2 aromatic carbocycles. The minimum Gasteiger partial charge on any atom is -0.325 e. The van der Waals surface area contributed by atoms with Crippen molar-refractivity contribution in [2.75, 3.05) is 5.32 Å². The second-order valence-corrected chi connectivity index (χ2v) is 5.98. The normalized spacial score (nSPS) is 10.3. The highest BCUT2D eigenvalue weighted by Gasteiger charge is 2.06. The second-order valence-electron chi connectivity index (χ2n) is 4.66. The molecule has 4 heteroatoms. The first-order chi connectivity index (χ1) is 9.54. The zero-order valence-electron chi connectivity index (χ0n) is 11.1. The van der Waals surface area contributed by atoms with Gasteiger partial charge in [-0.05, 0) is 37.1 Å². The maximum absolute atomic E-state index is 11.9. The second kappa shape index (κ2) is 6.91. The number of carbonyl (C=O) groups excluding carboxylic acids is 1. The van der Waals surface area contributed by atoms with E-state index in [0.29, 0.717) is 17.1 Å². The number of aryl methyl sites for hydroxylation is 2. The Bertz CT molecular complexity index is 628. The molecule has 104 valence electrons. The van der Waals surface area contributed by atoms with Gasteiger partial charge in [0, 0.05) is 10.9 Å². The third kappa shape index (κ3) is 4.36. The van der Waals surface area contributed by atoms with Gasteiger partial charge in [-0.15, -0.1) is 0 Å². The van der Waals surface area contributed by atoms with Crippen LogP contribution in [-0.4, -0.2) is 5.91 Å². The van der Waals surface area contributed by atoms with Crippen LogP contribution in [0.2, 0.25) is 5.02 Å². The molecule has 0 fully saturated rings. The van der Waals surface area contributed by atoms with Crippen molar-refractivity contribution < 1.29 is 4.79 Å². The van der Waals surface area contributed by atoms with Crippen LogP contribution in [0.4, 0.5) is 5.69 Å². The predicted octanol–water partition coefficient (Wildman–Crippen LogP) is 4.98. The summed E-state index contributed by atoms with van der Waals surface area (Å²) in [6, 6.07) is 13.6. The molecule has 0 radical (unpaired) electrons. The Labute approximate surface area is 132 Å². The Morgan fingerprint density at radius 3 is 2.75 bits per heavy atom. The Kier molecular flexibility index (Phi) is 5.21. The van der Waals surface area contributed by atoms with E-state index in [-0.39, 0.29) is 5.91 Å². The number of halogens is 2. The minimum atomic E-state index is -0.0317. The van der Waals surface area contributed by atoms with Gasteiger partial charge in [-0.3, -0.25) is 4.79 Å². The zero-order chi connectivity index (χ0) is 14.5. The van der Waals surface area contributed by atoms with E-state index in [1.54, 1.807) is 12.1 Å². The molecule has 0 unspecified atom stereocenters. The number of amides is 1. The van der Waals surface area contributed by atoms with Crippen molar-refractivity contribution in [3.8, 4) is 0 Å². The van der Waals surface area contributed by atoms with Crippen LogP contribution in [0.15, 0.2) is 46.9 Å². The molecule has 0 atom stereocenters. The molecule has 2 nitrogen and oxygen atoms in total. The van der Waals surface area contributed by atoms with Crippen molar-refractivity contribution in [3.63, 3.8) is 0 Å². The van der Waals surface area contributed by atoms with Gasteiger partial charge in [0.15, 0.2) is 0 Å². The summed E-state index contributed by atoms with van der Waals surface area (Å²) < 4.78 is 0.889. The van der Waals surface area contributed by atoms with E-state index in [2.05, 4.69) is 27.3 Å². The van der Waals surface area contributed by atoms with Crippen LogP contribution in [0.1, 0.15) is 17.5 Å². The first-order valence-corrected chi connectivity index (χ1v) is 7.52. The molecule has 2 rings (SSSR count). The smallest absolute Gasteiger partial charge is 0.224 e. The van der Waals surface area contributed by atoms with Gasteiger partial charge in [0.2, 0.25) is 5.91 Å². The summed E-state index contributed by atoms with van der Waals surface area (Å²) in [4.78, 5) is 11.9. The van der Waals surface area contributed by atoms with Gasteiger partial charge >= 0.3 is 0 Å².